The summed E-state index contributed by atoms with van der Waals surface area (Å²) in [6.45, 7) is 4.85. The minimum Gasteiger partial charge on any atom is -0.508 e. The van der Waals surface area contributed by atoms with Crippen molar-refractivity contribution in [3.63, 3.8) is 0 Å². The quantitative estimate of drug-likeness (QED) is 0.0476. The number of primary amides is 1. The number of fused-ring (bicyclic) bond motifs is 1. The lowest BCUT2D eigenvalue weighted by atomic mass is 10.00. The number of nitrogens with one attached hydrogen (secondary N) is 8. The number of rotatable bonds is 17. The second-order valence-corrected chi connectivity index (χ2v) is 20.8. The lowest BCUT2D eigenvalue weighted by Crippen LogP contribution is -2.62. The van der Waals surface area contributed by atoms with E-state index >= 15 is 0 Å². The number of unbranched alkanes of at least 4 members (excludes halogenated alkanes) is 1. The monoisotopic (exact) mass is 1050 g/mol. The maximum absolute atomic E-state index is 14.8. The molecule has 0 aliphatic carbocycles. The van der Waals surface area contributed by atoms with E-state index in [1.165, 1.54) is 19.1 Å². The first kappa shape index (κ1) is 57.2. The highest BCUT2D eigenvalue weighted by atomic mass is 33.1. The molecule has 8 amide bonds. The predicted octanol–water partition coefficient (Wildman–Crippen LogP) is -0.332. The number of aromatic hydroxyl groups is 1. The zero-order valence-corrected chi connectivity index (χ0v) is 42.6. The summed E-state index contributed by atoms with van der Waals surface area (Å²) in [7, 11) is 2.03. The molecule has 0 bridgehead atoms. The number of carbonyl (C=O) groups excluding carboxylic acids is 8. The summed E-state index contributed by atoms with van der Waals surface area (Å²) >= 11 is 0. The van der Waals surface area contributed by atoms with Gasteiger partial charge in [-0.25, -0.2) is 0 Å². The molecular formula is C50H67N11O10S2. The van der Waals surface area contributed by atoms with E-state index in [1.54, 1.807) is 56.4 Å². The van der Waals surface area contributed by atoms with Gasteiger partial charge in [0, 0.05) is 41.4 Å². The van der Waals surface area contributed by atoms with Gasteiger partial charge in [-0.15, -0.1) is 0 Å². The fourth-order valence-electron chi connectivity index (χ4n) is 7.96. The molecule has 21 nitrogen and oxygen atoms in total. The number of hydrogen-bond donors (Lipinski definition) is 13. The van der Waals surface area contributed by atoms with Crippen LogP contribution in [0, 0.1) is 5.92 Å². The molecule has 9 atom stereocenters. The van der Waals surface area contributed by atoms with Gasteiger partial charge in [-0.05, 0) is 80.0 Å². The highest BCUT2D eigenvalue weighted by molar-refractivity contribution is 8.76. The average Bonchev–Trinajstić information content (AvgIpc) is 3.76. The molecular weight excluding hydrogens is 979 g/mol. The van der Waals surface area contributed by atoms with Crippen molar-refractivity contribution >= 4 is 79.7 Å². The topological polar surface area (TPSA) is 355 Å². The fraction of sp³-hybridized carbons (Fsp3) is 0.440. The van der Waals surface area contributed by atoms with Gasteiger partial charge in [0.2, 0.25) is 47.3 Å². The van der Waals surface area contributed by atoms with Gasteiger partial charge in [0.15, 0.2) is 0 Å². The van der Waals surface area contributed by atoms with E-state index in [0.29, 0.717) is 24.0 Å². The van der Waals surface area contributed by atoms with E-state index < -0.39 is 108 Å². The highest BCUT2D eigenvalue weighted by Crippen LogP contribution is 2.25. The largest absolute Gasteiger partial charge is 0.508 e. The molecule has 73 heavy (non-hydrogen) atoms. The Balaban J connectivity index is 1.58. The van der Waals surface area contributed by atoms with Gasteiger partial charge < -0.3 is 69.6 Å². The van der Waals surface area contributed by atoms with Crippen LogP contribution < -0.4 is 54.4 Å². The Kier molecular flexibility index (Phi) is 21.9. The maximum atomic E-state index is 14.8. The van der Waals surface area contributed by atoms with E-state index in [4.69, 9.17) is 17.2 Å². The zero-order valence-electron chi connectivity index (χ0n) is 40.9. The SMILES string of the molecule is CC(C)C1NC(=O)[C@@H](CCCCN)NC(=O)C(Cc2c[nH]c3ccccc23)NC(=O)[C@@H](Cc2ccc(O)cc2)NC(=O)C(NC(=O)[C@H](N)Cc2ccccc2)CSSCC(C(=O)N[C@H](C(N)=O)[C@@H](C)O)NC1=O. The molecule has 0 saturated carbocycles. The van der Waals surface area contributed by atoms with Crippen molar-refractivity contribution in [1.29, 1.82) is 0 Å². The molecule has 1 saturated heterocycles. The number of phenolic OH excluding ortho intramolecular Hbond substituents is 1. The van der Waals surface area contributed by atoms with Gasteiger partial charge in [-0.2, -0.15) is 0 Å². The molecule has 5 rings (SSSR count). The van der Waals surface area contributed by atoms with Gasteiger partial charge in [0.1, 0.15) is 48.0 Å². The molecule has 4 unspecified atom stereocenters. The standard InChI is InChI=1S/C50H67N11O10S2/c1-27(2)41-50(71)59-40(49(70)61-42(28(3)62)43(53)64)26-73-72-25-39(58-44(65)34(52)21-29-11-5-4-6-12-29)48(69)56-37(22-30-16-18-32(63)19-17-30)46(67)57-38(23-31-24-54-35-14-8-7-13-33(31)35)47(68)55-36(45(66)60-41)15-9-10-20-51/h4-8,11-14,16-19,24,27-28,34,36-42,54,62-63H,9-10,15,20-23,25-26,51-52H2,1-3H3,(H2,53,64)(H,55,68)(H,56,69)(H,57,67)(H,58,65)(H,59,71)(H,60,66)(H,61,70)/t28-,34-,36-,37-,38?,39?,40?,41?,42+/m1/s1. The molecule has 4 aromatic rings. The van der Waals surface area contributed by atoms with Crippen molar-refractivity contribution in [3.05, 3.63) is 102 Å². The van der Waals surface area contributed by atoms with E-state index in [2.05, 4.69) is 42.2 Å². The molecule has 23 heteroatoms. The van der Waals surface area contributed by atoms with Crippen molar-refractivity contribution in [2.75, 3.05) is 18.1 Å². The average molecular weight is 1050 g/mol. The third-order valence-corrected chi connectivity index (χ3v) is 14.5. The fourth-order valence-corrected chi connectivity index (χ4v) is 10.3. The van der Waals surface area contributed by atoms with Crippen LogP contribution in [0.25, 0.3) is 10.9 Å². The molecule has 0 radical (unpaired) electrons. The Morgan fingerprint density at radius 1 is 0.726 bits per heavy atom. The Morgan fingerprint density at radius 3 is 2.00 bits per heavy atom. The minimum atomic E-state index is -1.54. The maximum Gasteiger partial charge on any atom is 0.244 e. The van der Waals surface area contributed by atoms with E-state index in [1.807, 2.05) is 30.3 Å². The summed E-state index contributed by atoms with van der Waals surface area (Å²) in [5.74, 6) is -7.62. The number of H-pyrrole nitrogens is 1. The van der Waals surface area contributed by atoms with Crippen LogP contribution in [0.15, 0.2) is 85.1 Å². The zero-order chi connectivity index (χ0) is 53.2. The third-order valence-electron chi connectivity index (χ3n) is 12.1. The smallest absolute Gasteiger partial charge is 0.244 e. The highest BCUT2D eigenvalue weighted by Gasteiger charge is 2.36. The van der Waals surface area contributed by atoms with Gasteiger partial charge in [0.25, 0.3) is 0 Å². The molecule has 0 spiro atoms. The first-order valence-electron chi connectivity index (χ1n) is 24.0. The molecule has 3 aromatic carbocycles. The van der Waals surface area contributed by atoms with Crippen LogP contribution in [0.4, 0.5) is 0 Å². The van der Waals surface area contributed by atoms with Crippen LogP contribution in [-0.2, 0) is 57.6 Å². The van der Waals surface area contributed by atoms with Crippen LogP contribution >= 0.6 is 21.6 Å². The summed E-state index contributed by atoms with van der Waals surface area (Å²) in [6, 6.07) is 11.5. The first-order chi connectivity index (χ1) is 34.8. The van der Waals surface area contributed by atoms with Crippen molar-refractivity contribution < 1.29 is 48.6 Å². The number of aromatic amines is 1. The Hall–Kier alpha value is -6.66. The van der Waals surface area contributed by atoms with Crippen molar-refractivity contribution in [1.82, 2.24) is 42.2 Å². The van der Waals surface area contributed by atoms with E-state index in [0.717, 1.165) is 38.1 Å². The molecule has 1 aromatic heterocycles. The minimum absolute atomic E-state index is 0.0484. The summed E-state index contributed by atoms with van der Waals surface area (Å²) in [5, 5.41) is 40.0. The lowest BCUT2D eigenvalue weighted by Gasteiger charge is -2.29. The number of aliphatic hydroxyl groups is 1. The number of para-hydroxylation sites is 1. The number of aromatic nitrogens is 1. The van der Waals surface area contributed by atoms with Crippen molar-refractivity contribution in [3.8, 4) is 5.75 Å². The van der Waals surface area contributed by atoms with Gasteiger partial charge >= 0.3 is 0 Å². The molecule has 394 valence electrons. The number of nitrogens with two attached hydrogens (primary N) is 3. The Morgan fingerprint density at radius 2 is 1.34 bits per heavy atom. The van der Waals surface area contributed by atoms with E-state index in [-0.39, 0.29) is 49.5 Å². The number of hydrogen-bond acceptors (Lipinski definition) is 14. The second-order valence-electron chi connectivity index (χ2n) is 18.2. The van der Waals surface area contributed by atoms with Gasteiger partial charge in [0.05, 0.1) is 12.1 Å². The molecule has 1 aliphatic rings. The summed E-state index contributed by atoms with van der Waals surface area (Å²) < 4.78 is 0. The van der Waals surface area contributed by atoms with Gasteiger partial charge in [-0.1, -0.05) is 96.1 Å². The molecule has 16 N–H and O–H groups in total. The van der Waals surface area contributed by atoms with Crippen LogP contribution in [0.3, 0.4) is 0 Å². The van der Waals surface area contributed by atoms with Crippen molar-refractivity contribution in [2.45, 2.75) is 114 Å². The first-order valence-corrected chi connectivity index (χ1v) is 26.5. The van der Waals surface area contributed by atoms with Crippen molar-refractivity contribution in [2.24, 2.45) is 23.1 Å². The number of benzene rings is 3. The Bertz CT molecular complexity index is 2530. The lowest BCUT2D eigenvalue weighted by molar-refractivity contribution is -0.136. The number of amides is 8. The molecule has 2 heterocycles. The Labute approximate surface area is 431 Å². The molecule has 1 fully saturated rings. The van der Waals surface area contributed by atoms with Crippen LogP contribution in [-0.4, -0.2) is 135 Å². The third kappa shape index (κ3) is 17.2. The summed E-state index contributed by atoms with van der Waals surface area (Å²) in [4.78, 5) is 116. The normalized spacial score (nSPS) is 22.1. The van der Waals surface area contributed by atoms with E-state index in [9.17, 15) is 48.6 Å². The van der Waals surface area contributed by atoms with Gasteiger partial charge in [-0.3, -0.25) is 38.4 Å². The second kappa shape index (κ2) is 28.0. The number of aliphatic hydroxyl groups excluding tert-OH is 1. The predicted molar refractivity (Wildman–Crippen MR) is 279 cm³/mol. The molecule has 1 aliphatic heterocycles. The van der Waals surface area contributed by atoms with Crippen LogP contribution in [0.2, 0.25) is 0 Å². The van der Waals surface area contributed by atoms with Crippen LogP contribution in [0.1, 0.15) is 56.7 Å². The number of carbonyl (C=O) groups is 8. The summed E-state index contributed by atoms with van der Waals surface area (Å²) in [5.41, 5.74) is 20.3. The van der Waals surface area contributed by atoms with Crippen LogP contribution in [0.5, 0.6) is 5.75 Å². The number of phenols is 1. The summed E-state index contributed by atoms with van der Waals surface area (Å²) in [6.07, 6.45) is 1.10.